The number of amides is 1. The lowest BCUT2D eigenvalue weighted by Gasteiger charge is -2.49. The molecule has 2 aliphatic carbocycles. The molecule has 25 heavy (non-hydrogen) atoms. The molecule has 1 amide bonds. The first-order valence-corrected chi connectivity index (χ1v) is 9.41. The number of benzene rings is 1. The Morgan fingerprint density at radius 1 is 1.16 bits per heavy atom. The van der Waals surface area contributed by atoms with E-state index in [1.165, 1.54) is 30.4 Å². The Bertz CT molecular complexity index is 780. The number of nitrogens with zero attached hydrogens (tertiary/aromatic N) is 2. The smallest absolute Gasteiger partial charge is 0.241 e. The largest absolute Gasteiger partial charge is 0.351 e. The van der Waals surface area contributed by atoms with Crippen molar-refractivity contribution < 1.29 is 4.79 Å². The SMILES string of the molecule is Cc1nn(CC(=O)N[C@@H]2[C@@H]3CCC[C@H]3[C@H]2c2ccccc2)c(C)c1C. The van der Waals surface area contributed by atoms with E-state index in [0.717, 1.165) is 17.3 Å². The zero-order valence-electron chi connectivity index (χ0n) is 15.3. The van der Waals surface area contributed by atoms with E-state index in [9.17, 15) is 4.79 Å². The lowest BCUT2D eigenvalue weighted by molar-refractivity contribution is -0.124. The van der Waals surface area contributed by atoms with Crippen molar-refractivity contribution in [3.63, 3.8) is 0 Å². The van der Waals surface area contributed by atoms with E-state index in [-0.39, 0.29) is 11.9 Å². The monoisotopic (exact) mass is 337 g/mol. The van der Waals surface area contributed by atoms with Crippen LogP contribution in [-0.2, 0) is 11.3 Å². The number of fused-ring (bicyclic) bond motifs is 1. The number of hydrogen-bond donors (Lipinski definition) is 1. The van der Waals surface area contributed by atoms with Gasteiger partial charge in [-0.3, -0.25) is 9.48 Å². The summed E-state index contributed by atoms with van der Waals surface area (Å²) < 4.78 is 1.84. The van der Waals surface area contributed by atoms with E-state index >= 15 is 0 Å². The summed E-state index contributed by atoms with van der Waals surface area (Å²) in [5.74, 6) is 1.95. The van der Waals surface area contributed by atoms with E-state index in [1.54, 1.807) is 0 Å². The average Bonchev–Trinajstić information content (AvgIpc) is 3.11. The minimum absolute atomic E-state index is 0.0851. The molecule has 2 saturated carbocycles. The predicted molar refractivity (Wildman–Crippen MR) is 98.4 cm³/mol. The minimum atomic E-state index is 0.0851. The van der Waals surface area contributed by atoms with Gasteiger partial charge in [0.05, 0.1) is 5.69 Å². The molecule has 2 fully saturated rings. The molecule has 132 valence electrons. The first-order chi connectivity index (χ1) is 12.1. The summed E-state index contributed by atoms with van der Waals surface area (Å²) in [6.45, 7) is 6.41. The van der Waals surface area contributed by atoms with Crippen molar-refractivity contribution >= 4 is 5.91 Å². The second-order valence-electron chi connectivity index (χ2n) is 7.74. The van der Waals surface area contributed by atoms with Crippen molar-refractivity contribution in [1.82, 2.24) is 15.1 Å². The van der Waals surface area contributed by atoms with Crippen LogP contribution in [0.4, 0.5) is 0 Å². The van der Waals surface area contributed by atoms with E-state index in [1.807, 2.05) is 18.5 Å². The van der Waals surface area contributed by atoms with Gasteiger partial charge in [-0.15, -0.1) is 0 Å². The van der Waals surface area contributed by atoms with E-state index < -0.39 is 0 Å². The molecule has 0 bridgehead atoms. The molecule has 0 saturated heterocycles. The van der Waals surface area contributed by atoms with Gasteiger partial charge in [0.2, 0.25) is 5.91 Å². The zero-order chi connectivity index (χ0) is 17.6. The Morgan fingerprint density at radius 2 is 1.88 bits per heavy atom. The lowest BCUT2D eigenvalue weighted by Crippen LogP contribution is -2.57. The standard InChI is InChI=1S/C21H27N3O/c1-13-14(2)23-24(15(13)3)12-19(25)22-21-18-11-7-10-17(18)20(21)16-8-5-4-6-9-16/h4-6,8-9,17-18,20-21H,7,10-12H2,1-3H3,(H,22,25)/t17-,18-,20-,21-/m1/s1. The molecule has 4 rings (SSSR count). The number of carbonyl (C=O) groups is 1. The fraction of sp³-hybridized carbons (Fsp3) is 0.524. The van der Waals surface area contributed by atoms with Crippen molar-refractivity contribution in [2.24, 2.45) is 11.8 Å². The van der Waals surface area contributed by atoms with Crippen LogP contribution in [-0.4, -0.2) is 21.7 Å². The fourth-order valence-corrected chi connectivity index (χ4v) is 4.93. The molecule has 0 unspecified atom stereocenters. The van der Waals surface area contributed by atoms with E-state index in [2.05, 4.69) is 47.7 Å². The number of aromatic nitrogens is 2. The Labute approximate surface area is 149 Å². The third-order valence-electron chi connectivity index (χ3n) is 6.48. The zero-order valence-corrected chi connectivity index (χ0v) is 15.3. The van der Waals surface area contributed by atoms with E-state index in [4.69, 9.17) is 0 Å². The van der Waals surface area contributed by atoms with Gasteiger partial charge in [-0.05, 0) is 56.6 Å². The van der Waals surface area contributed by atoms with Crippen LogP contribution in [0.15, 0.2) is 30.3 Å². The Balaban J connectivity index is 1.48. The molecule has 1 aromatic carbocycles. The normalized spacial score (nSPS) is 27.6. The van der Waals surface area contributed by atoms with Crippen LogP contribution >= 0.6 is 0 Å². The van der Waals surface area contributed by atoms with Gasteiger partial charge in [0.25, 0.3) is 0 Å². The van der Waals surface area contributed by atoms with Crippen LogP contribution in [0.3, 0.4) is 0 Å². The molecular weight excluding hydrogens is 310 g/mol. The second kappa shape index (κ2) is 6.32. The molecule has 0 spiro atoms. The van der Waals surface area contributed by atoms with Gasteiger partial charge in [0, 0.05) is 17.7 Å². The van der Waals surface area contributed by atoms with Crippen molar-refractivity contribution in [2.45, 2.75) is 58.5 Å². The lowest BCUT2D eigenvalue weighted by atomic mass is 9.60. The number of nitrogens with one attached hydrogen (secondary N) is 1. The summed E-state index contributed by atoms with van der Waals surface area (Å²) in [7, 11) is 0. The van der Waals surface area contributed by atoms with Gasteiger partial charge in [-0.25, -0.2) is 0 Å². The molecular formula is C21H27N3O. The molecule has 4 nitrogen and oxygen atoms in total. The third kappa shape index (κ3) is 2.78. The maximum absolute atomic E-state index is 12.7. The first-order valence-electron chi connectivity index (χ1n) is 9.41. The number of hydrogen-bond acceptors (Lipinski definition) is 2. The number of aryl methyl sites for hydroxylation is 1. The highest BCUT2D eigenvalue weighted by atomic mass is 16.2. The van der Waals surface area contributed by atoms with Crippen LogP contribution < -0.4 is 5.32 Å². The molecule has 0 radical (unpaired) electrons. The molecule has 4 atom stereocenters. The average molecular weight is 337 g/mol. The van der Waals surface area contributed by atoms with Crippen molar-refractivity contribution in [3.8, 4) is 0 Å². The van der Waals surface area contributed by atoms with Gasteiger partial charge < -0.3 is 5.32 Å². The summed E-state index contributed by atoms with van der Waals surface area (Å²) >= 11 is 0. The van der Waals surface area contributed by atoms with E-state index in [0.29, 0.717) is 18.4 Å². The molecule has 1 aromatic heterocycles. The highest BCUT2D eigenvalue weighted by Gasteiger charge is 2.53. The van der Waals surface area contributed by atoms with Gasteiger partial charge in [0.1, 0.15) is 6.54 Å². The molecule has 2 aliphatic rings. The summed E-state index contributed by atoms with van der Waals surface area (Å²) in [6, 6.07) is 11.0. The Kier molecular flexibility index (Phi) is 4.14. The van der Waals surface area contributed by atoms with Crippen molar-refractivity contribution in [2.75, 3.05) is 0 Å². The number of carbonyl (C=O) groups excluding carboxylic acids is 1. The molecule has 4 heteroatoms. The van der Waals surface area contributed by atoms with Gasteiger partial charge >= 0.3 is 0 Å². The topological polar surface area (TPSA) is 46.9 Å². The highest BCUT2D eigenvalue weighted by molar-refractivity contribution is 5.76. The summed E-state index contributed by atoms with van der Waals surface area (Å²) in [5, 5.41) is 7.84. The maximum atomic E-state index is 12.7. The summed E-state index contributed by atoms with van der Waals surface area (Å²) in [5.41, 5.74) is 4.64. The summed E-state index contributed by atoms with van der Waals surface area (Å²) in [6.07, 6.45) is 3.84. The van der Waals surface area contributed by atoms with Crippen molar-refractivity contribution in [3.05, 3.63) is 52.8 Å². The fourth-order valence-electron chi connectivity index (χ4n) is 4.93. The maximum Gasteiger partial charge on any atom is 0.241 e. The van der Waals surface area contributed by atoms with Crippen molar-refractivity contribution in [1.29, 1.82) is 0 Å². The van der Waals surface area contributed by atoms with Crippen LogP contribution in [0.25, 0.3) is 0 Å². The Hall–Kier alpha value is -2.10. The minimum Gasteiger partial charge on any atom is -0.351 e. The van der Waals surface area contributed by atoms with Crippen LogP contribution in [0.5, 0.6) is 0 Å². The number of rotatable bonds is 4. The quantitative estimate of drug-likeness (QED) is 0.928. The predicted octanol–water partition coefficient (Wildman–Crippen LogP) is 3.51. The van der Waals surface area contributed by atoms with Gasteiger partial charge in [-0.1, -0.05) is 36.8 Å². The van der Waals surface area contributed by atoms with Crippen LogP contribution in [0.1, 0.15) is 47.7 Å². The van der Waals surface area contributed by atoms with Crippen LogP contribution in [0.2, 0.25) is 0 Å². The first kappa shape index (κ1) is 16.4. The second-order valence-corrected chi connectivity index (χ2v) is 7.74. The van der Waals surface area contributed by atoms with Crippen LogP contribution in [0, 0.1) is 32.6 Å². The molecule has 1 heterocycles. The Morgan fingerprint density at radius 3 is 2.56 bits per heavy atom. The molecule has 1 N–H and O–H groups in total. The molecule has 2 aromatic rings. The highest BCUT2D eigenvalue weighted by Crippen LogP contribution is 2.55. The van der Waals surface area contributed by atoms with Gasteiger partial charge in [-0.2, -0.15) is 5.10 Å². The summed E-state index contributed by atoms with van der Waals surface area (Å²) in [4.78, 5) is 12.7. The van der Waals surface area contributed by atoms with Gasteiger partial charge in [0.15, 0.2) is 0 Å². The third-order valence-corrected chi connectivity index (χ3v) is 6.48. The molecule has 0 aliphatic heterocycles.